The van der Waals surface area contributed by atoms with Gasteiger partial charge in [-0.25, -0.2) is 12.8 Å². The van der Waals surface area contributed by atoms with Gasteiger partial charge in [0.1, 0.15) is 5.82 Å². The number of amides is 1. The number of benzene rings is 1. The Morgan fingerprint density at radius 1 is 1.37 bits per heavy atom. The second-order valence-electron chi connectivity index (χ2n) is 4.30. The number of carbonyl (C=O) groups is 1. The van der Waals surface area contributed by atoms with Crippen LogP contribution in [0.1, 0.15) is 31.1 Å². The van der Waals surface area contributed by atoms with Gasteiger partial charge in [0.2, 0.25) is 0 Å². The minimum atomic E-state index is -4.07. The molecule has 19 heavy (non-hydrogen) atoms. The molecule has 1 rings (SSSR count). The highest BCUT2D eigenvalue weighted by Crippen LogP contribution is 2.20. The Morgan fingerprint density at radius 3 is 2.37 bits per heavy atom. The van der Waals surface area contributed by atoms with Gasteiger partial charge in [-0.1, -0.05) is 0 Å². The molecule has 7 heteroatoms. The second-order valence-corrected chi connectivity index (χ2v) is 6.86. The zero-order valence-corrected chi connectivity index (χ0v) is 12.4. The first-order valence-electron chi connectivity index (χ1n) is 5.73. The molecule has 0 atom stereocenters. The first kappa shape index (κ1) is 15.9. The lowest BCUT2D eigenvalue weighted by Crippen LogP contribution is -2.36. The Morgan fingerprint density at radius 2 is 1.95 bits per heavy atom. The van der Waals surface area contributed by atoms with Gasteiger partial charge in [-0.3, -0.25) is 4.79 Å². The SMILES string of the molecule is CCN(C(=O)c1cc(F)cc(S(=O)(=O)Cl)c1)C(C)C. The van der Waals surface area contributed by atoms with E-state index in [4.69, 9.17) is 10.7 Å². The van der Waals surface area contributed by atoms with E-state index in [1.54, 1.807) is 6.92 Å². The number of hydrogen-bond donors (Lipinski definition) is 0. The molecule has 0 saturated heterocycles. The molecule has 0 heterocycles. The van der Waals surface area contributed by atoms with Crippen LogP contribution >= 0.6 is 10.7 Å². The summed E-state index contributed by atoms with van der Waals surface area (Å²) in [6, 6.07) is 2.79. The van der Waals surface area contributed by atoms with Crippen LogP contribution in [0.25, 0.3) is 0 Å². The molecular weight excluding hydrogens is 293 g/mol. The Bertz CT molecular complexity index is 587. The van der Waals surface area contributed by atoms with Gasteiger partial charge in [-0.2, -0.15) is 0 Å². The minimum Gasteiger partial charge on any atom is -0.336 e. The van der Waals surface area contributed by atoms with E-state index < -0.39 is 25.7 Å². The molecule has 0 saturated carbocycles. The lowest BCUT2D eigenvalue weighted by molar-refractivity contribution is 0.0716. The molecule has 0 unspecified atom stereocenters. The fourth-order valence-electron chi connectivity index (χ4n) is 1.74. The summed E-state index contributed by atoms with van der Waals surface area (Å²) in [6.45, 7) is 5.87. The standard InChI is InChI=1S/C12H15ClFNO3S/c1-4-15(8(2)3)12(16)9-5-10(14)7-11(6-9)19(13,17)18/h5-8H,4H2,1-3H3. The molecule has 0 fully saturated rings. The third kappa shape index (κ3) is 3.91. The second kappa shape index (κ2) is 5.88. The maximum absolute atomic E-state index is 13.4. The third-order valence-corrected chi connectivity index (χ3v) is 3.96. The normalized spacial score (nSPS) is 11.7. The average Bonchev–Trinajstić information content (AvgIpc) is 2.27. The lowest BCUT2D eigenvalue weighted by Gasteiger charge is -2.25. The van der Waals surface area contributed by atoms with Gasteiger partial charge in [0.15, 0.2) is 0 Å². The fraction of sp³-hybridized carbons (Fsp3) is 0.417. The van der Waals surface area contributed by atoms with Crippen molar-refractivity contribution in [1.29, 1.82) is 0 Å². The maximum atomic E-state index is 13.4. The molecule has 0 spiro atoms. The van der Waals surface area contributed by atoms with Crippen LogP contribution in [0.15, 0.2) is 23.1 Å². The average molecular weight is 308 g/mol. The molecule has 1 amide bonds. The molecule has 0 bridgehead atoms. The fourth-order valence-corrected chi connectivity index (χ4v) is 2.52. The number of hydrogen-bond acceptors (Lipinski definition) is 3. The van der Waals surface area contributed by atoms with Crippen LogP contribution in [0.2, 0.25) is 0 Å². The summed E-state index contributed by atoms with van der Waals surface area (Å²) in [5.74, 6) is -1.25. The predicted molar refractivity (Wildman–Crippen MR) is 71.3 cm³/mol. The lowest BCUT2D eigenvalue weighted by atomic mass is 10.1. The maximum Gasteiger partial charge on any atom is 0.261 e. The van der Waals surface area contributed by atoms with Crippen LogP contribution in [-0.2, 0) is 9.05 Å². The topological polar surface area (TPSA) is 54.5 Å². The van der Waals surface area contributed by atoms with E-state index in [0.717, 1.165) is 18.2 Å². The smallest absolute Gasteiger partial charge is 0.261 e. The number of rotatable bonds is 4. The Hall–Kier alpha value is -1.14. The number of halogens is 2. The van der Waals surface area contributed by atoms with Crippen molar-refractivity contribution in [3.8, 4) is 0 Å². The highest BCUT2D eigenvalue weighted by Gasteiger charge is 2.20. The van der Waals surface area contributed by atoms with E-state index in [-0.39, 0.29) is 11.6 Å². The highest BCUT2D eigenvalue weighted by atomic mass is 35.7. The highest BCUT2D eigenvalue weighted by molar-refractivity contribution is 8.13. The van der Waals surface area contributed by atoms with E-state index in [1.165, 1.54) is 4.90 Å². The van der Waals surface area contributed by atoms with Gasteiger partial charge in [-0.15, -0.1) is 0 Å². The molecule has 0 aliphatic rings. The Labute approximate surface area is 116 Å². The van der Waals surface area contributed by atoms with E-state index in [9.17, 15) is 17.6 Å². The van der Waals surface area contributed by atoms with Crippen molar-refractivity contribution in [2.24, 2.45) is 0 Å². The van der Waals surface area contributed by atoms with Crippen molar-refractivity contribution in [1.82, 2.24) is 4.90 Å². The van der Waals surface area contributed by atoms with Gasteiger partial charge in [0, 0.05) is 28.8 Å². The van der Waals surface area contributed by atoms with Crippen molar-refractivity contribution in [3.63, 3.8) is 0 Å². The van der Waals surface area contributed by atoms with Crippen molar-refractivity contribution in [2.75, 3.05) is 6.54 Å². The molecular formula is C12H15ClFNO3S. The zero-order valence-electron chi connectivity index (χ0n) is 10.9. The van der Waals surface area contributed by atoms with Crippen LogP contribution in [0, 0.1) is 5.82 Å². The van der Waals surface area contributed by atoms with Crippen molar-refractivity contribution >= 4 is 25.6 Å². The monoisotopic (exact) mass is 307 g/mol. The molecule has 0 radical (unpaired) electrons. The minimum absolute atomic E-state index is 0.0326. The zero-order chi connectivity index (χ0) is 14.8. The molecule has 0 aliphatic heterocycles. The molecule has 1 aromatic carbocycles. The van der Waals surface area contributed by atoms with E-state index in [2.05, 4.69) is 0 Å². The molecule has 0 N–H and O–H groups in total. The quantitative estimate of drug-likeness (QED) is 0.804. The van der Waals surface area contributed by atoms with Crippen LogP contribution in [-0.4, -0.2) is 31.8 Å². The van der Waals surface area contributed by atoms with Crippen LogP contribution in [0.4, 0.5) is 4.39 Å². The van der Waals surface area contributed by atoms with Gasteiger partial charge in [0.05, 0.1) is 4.90 Å². The van der Waals surface area contributed by atoms with Gasteiger partial charge >= 0.3 is 0 Å². The molecule has 106 valence electrons. The van der Waals surface area contributed by atoms with Crippen molar-refractivity contribution < 1.29 is 17.6 Å². The van der Waals surface area contributed by atoms with Crippen LogP contribution < -0.4 is 0 Å². The van der Waals surface area contributed by atoms with E-state index >= 15 is 0 Å². The van der Waals surface area contributed by atoms with Gasteiger partial charge in [0.25, 0.3) is 15.0 Å². The van der Waals surface area contributed by atoms with Crippen LogP contribution in [0.5, 0.6) is 0 Å². The summed E-state index contributed by atoms with van der Waals surface area (Å²) in [5, 5.41) is 0. The summed E-state index contributed by atoms with van der Waals surface area (Å²) in [7, 11) is 1.09. The first-order valence-corrected chi connectivity index (χ1v) is 8.04. The van der Waals surface area contributed by atoms with Crippen molar-refractivity contribution in [2.45, 2.75) is 31.7 Å². The molecule has 0 aromatic heterocycles. The van der Waals surface area contributed by atoms with E-state index in [0.29, 0.717) is 6.54 Å². The van der Waals surface area contributed by atoms with Crippen molar-refractivity contribution in [3.05, 3.63) is 29.6 Å². The number of nitrogens with zero attached hydrogens (tertiary/aromatic N) is 1. The van der Waals surface area contributed by atoms with Gasteiger partial charge < -0.3 is 4.90 Å². The third-order valence-electron chi connectivity index (χ3n) is 2.62. The van der Waals surface area contributed by atoms with E-state index in [1.807, 2.05) is 13.8 Å². The first-order chi connectivity index (χ1) is 8.66. The summed E-state index contributed by atoms with van der Waals surface area (Å²) in [6.07, 6.45) is 0. The molecule has 0 aliphatic carbocycles. The summed E-state index contributed by atoms with van der Waals surface area (Å²) in [5.41, 5.74) is -0.0326. The van der Waals surface area contributed by atoms with Gasteiger partial charge in [-0.05, 0) is 39.0 Å². The largest absolute Gasteiger partial charge is 0.336 e. The summed E-state index contributed by atoms with van der Waals surface area (Å²) < 4.78 is 35.8. The molecule has 1 aromatic rings. The summed E-state index contributed by atoms with van der Waals surface area (Å²) in [4.78, 5) is 13.3. The number of carbonyl (C=O) groups excluding carboxylic acids is 1. The molecule has 4 nitrogen and oxygen atoms in total. The Kier molecular flexibility index (Phi) is 4.92. The van der Waals surface area contributed by atoms with Crippen LogP contribution in [0.3, 0.4) is 0 Å². The summed E-state index contributed by atoms with van der Waals surface area (Å²) >= 11 is 0. The Balaban J connectivity index is 3.28. The predicted octanol–water partition coefficient (Wildman–Crippen LogP) is 2.62.